The Hall–Kier alpha value is -1.88. The molecule has 4 amide bonds. The summed E-state index contributed by atoms with van der Waals surface area (Å²) in [7, 11) is 0. The monoisotopic (exact) mass is 294 g/mol. The van der Waals surface area contributed by atoms with E-state index >= 15 is 0 Å². The molecule has 1 saturated heterocycles. The van der Waals surface area contributed by atoms with Crippen LogP contribution >= 0.6 is 11.6 Å². The van der Waals surface area contributed by atoms with Crippen molar-refractivity contribution in [2.45, 2.75) is 20.4 Å². The van der Waals surface area contributed by atoms with Gasteiger partial charge >= 0.3 is 6.03 Å². The van der Waals surface area contributed by atoms with Gasteiger partial charge in [-0.15, -0.1) is 0 Å². The SMILES string of the molecule is CC(C)C1C(=O)NC(=O)N(Cc2ccccc2Cl)C1=O. The summed E-state index contributed by atoms with van der Waals surface area (Å²) in [5, 5.41) is 2.69. The number of benzene rings is 1. The first-order chi connectivity index (χ1) is 9.41. The minimum atomic E-state index is -0.838. The average molecular weight is 295 g/mol. The van der Waals surface area contributed by atoms with Crippen LogP contribution in [0.15, 0.2) is 24.3 Å². The van der Waals surface area contributed by atoms with Gasteiger partial charge in [0.25, 0.3) is 0 Å². The third-order valence-corrected chi connectivity index (χ3v) is 3.61. The molecule has 0 saturated carbocycles. The van der Waals surface area contributed by atoms with Gasteiger partial charge in [-0.25, -0.2) is 4.79 Å². The van der Waals surface area contributed by atoms with Crippen molar-refractivity contribution in [1.82, 2.24) is 10.2 Å². The molecule has 0 radical (unpaired) electrons. The van der Waals surface area contributed by atoms with Crippen LogP contribution in [-0.2, 0) is 16.1 Å². The number of urea groups is 1. The van der Waals surface area contributed by atoms with Crippen LogP contribution in [0.3, 0.4) is 0 Å². The fourth-order valence-corrected chi connectivity index (χ4v) is 2.36. The number of halogens is 1. The molecule has 1 aromatic rings. The standard InChI is InChI=1S/C14H15ClN2O3/c1-8(2)11-12(18)16-14(20)17(13(11)19)7-9-5-3-4-6-10(9)15/h3-6,8,11H,7H2,1-2H3,(H,16,18,20). The molecule has 20 heavy (non-hydrogen) atoms. The minimum absolute atomic E-state index is 0.0564. The van der Waals surface area contributed by atoms with E-state index < -0.39 is 23.8 Å². The van der Waals surface area contributed by atoms with E-state index in [-0.39, 0.29) is 12.5 Å². The largest absolute Gasteiger partial charge is 0.331 e. The molecule has 0 aromatic heterocycles. The van der Waals surface area contributed by atoms with E-state index in [4.69, 9.17) is 11.6 Å². The van der Waals surface area contributed by atoms with E-state index in [9.17, 15) is 14.4 Å². The fraction of sp³-hybridized carbons (Fsp3) is 0.357. The highest BCUT2D eigenvalue weighted by Gasteiger charge is 2.41. The van der Waals surface area contributed by atoms with Gasteiger partial charge in [0.05, 0.1) is 6.54 Å². The fourth-order valence-electron chi connectivity index (χ4n) is 2.17. The van der Waals surface area contributed by atoms with Crippen LogP contribution in [0, 0.1) is 11.8 Å². The van der Waals surface area contributed by atoms with Gasteiger partial charge in [-0.3, -0.25) is 19.8 Å². The molecule has 6 heteroatoms. The first-order valence-electron chi connectivity index (χ1n) is 6.31. The van der Waals surface area contributed by atoms with Gasteiger partial charge in [-0.1, -0.05) is 43.6 Å². The third-order valence-electron chi connectivity index (χ3n) is 3.24. The molecule has 1 heterocycles. The Morgan fingerprint density at radius 2 is 1.90 bits per heavy atom. The number of hydrogen-bond acceptors (Lipinski definition) is 3. The Morgan fingerprint density at radius 1 is 1.25 bits per heavy atom. The number of rotatable bonds is 3. The van der Waals surface area contributed by atoms with E-state index in [1.807, 2.05) is 0 Å². The zero-order chi connectivity index (χ0) is 14.9. The second-order valence-corrected chi connectivity index (χ2v) is 5.44. The number of imide groups is 2. The summed E-state index contributed by atoms with van der Waals surface area (Å²) in [6, 6.07) is 6.28. The van der Waals surface area contributed by atoms with Gasteiger partial charge in [0.2, 0.25) is 11.8 Å². The van der Waals surface area contributed by atoms with Crippen molar-refractivity contribution in [3.63, 3.8) is 0 Å². The lowest BCUT2D eigenvalue weighted by atomic mass is 9.92. The Morgan fingerprint density at radius 3 is 2.50 bits per heavy atom. The van der Waals surface area contributed by atoms with Crippen LogP contribution in [0.4, 0.5) is 4.79 Å². The topological polar surface area (TPSA) is 66.5 Å². The second-order valence-electron chi connectivity index (χ2n) is 5.03. The summed E-state index contributed by atoms with van der Waals surface area (Å²) in [4.78, 5) is 36.9. The summed E-state index contributed by atoms with van der Waals surface area (Å²) in [6.07, 6.45) is 0. The van der Waals surface area contributed by atoms with Crippen molar-refractivity contribution in [2.75, 3.05) is 0 Å². The highest BCUT2D eigenvalue weighted by atomic mass is 35.5. The molecule has 0 aliphatic carbocycles. The summed E-state index contributed by atoms with van der Waals surface area (Å²) < 4.78 is 0. The number of hydrogen-bond donors (Lipinski definition) is 1. The average Bonchev–Trinajstić information content (AvgIpc) is 2.35. The van der Waals surface area contributed by atoms with Crippen molar-refractivity contribution < 1.29 is 14.4 Å². The summed E-state index contributed by atoms with van der Waals surface area (Å²) >= 11 is 6.03. The second kappa shape index (κ2) is 5.63. The summed E-state index contributed by atoms with van der Waals surface area (Å²) in [5.41, 5.74) is 0.662. The minimum Gasteiger partial charge on any atom is -0.277 e. The number of amides is 4. The molecule has 5 nitrogen and oxygen atoms in total. The van der Waals surface area contributed by atoms with Crippen LogP contribution in [0.25, 0.3) is 0 Å². The molecule has 1 fully saturated rings. The summed E-state index contributed by atoms with van der Waals surface area (Å²) in [5.74, 6) is -2.03. The van der Waals surface area contributed by atoms with E-state index in [0.29, 0.717) is 10.6 Å². The molecule has 106 valence electrons. The molecule has 1 aliphatic rings. The normalized spacial score (nSPS) is 19.5. The van der Waals surface area contributed by atoms with Gasteiger partial charge in [0, 0.05) is 5.02 Å². The Labute approximate surface area is 121 Å². The Bertz CT molecular complexity index is 571. The zero-order valence-electron chi connectivity index (χ0n) is 11.2. The maximum absolute atomic E-state index is 12.3. The predicted molar refractivity (Wildman–Crippen MR) is 73.9 cm³/mol. The number of nitrogens with one attached hydrogen (secondary N) is 1. The first-order valence-corrected chi connectivity index (χ1v) is 6.69. The predicted octanol–water partition coefficient (Wildman–Crippen LogP) is 2.19. The molecule has 1 aromatic carbocycles. The van der Waals surface area contributed by atoms with Crippen LogP contribution in [-0.4, -0.2) is 22.7 Å². The molecular formula is C14H15ClN2O3. The maximum Gasteiger partial charge on any atom is 0.331 e. The zero-order valence-corrected chi connectivity index (χ0v) is 12.0. The quantitative estimate of drug-likeness (QED) is 0.869. The number of nitrogens with zero attached hydrogens (tertiary/aromatic N) is 1. The molecule has 0 spiro atoms. The van der Waals surface area contributed by atoms with Gasteiger partial charge in [0.15, 0.2) is 0 Å². The van der Waals surface area contributed by atoms with Crippen LogP contribution in [0.2, 0.25) is 5.02 Å². The lowest BCUT2D eigenvalue weighted by Crippen LogP contribution is -2.58. The maximum atomic E-state index is 12.3. The van der Waals surface area contributed by atoms with Crippen LogP contribution in [0.5, 0.6) is 0 Å². The van der Waals surface area contributed by atoms with Gasteiger partial charge in [-0.2, -0.15) is 0 Å². The smallest absolute Gasteiger partial charge is 0.277 e. The highest BCUT2D eigenvalue weighted by molar-refractivity contribution is 6.31. The molecule has 1 aliphatic heterocycles. The molecule has 1 atom stereocenters. The highest BCUT2D eigenvalue weighted by Crippen LogP contribution is 2.23. The van der Waals surface area contributed by atoms with E-state index in [1.165, 1.54) is 0 Å². The van der Waals surface area contributed by atoms with Crippen LogP contribution < -0.4 is 5.32 Å². The van der Waals surface area contributed by atoms with Crippen molar-refractivity contribution in [1.29, 1.82) is 0 Å². The lowest BCUT2D eigenvalue weighted by molar-refractivity contribution is -0.144. The molecule has 1 N–H and O–H groups in total. The third kappa shape index (κ3) is 2.67. The van der Waals surface area contributed by atoms with E-state index in [2.05, 4.69) is 5.32 Å². The van der Waals surface area contributed by atoms with Gasteiger partial charge in [-0.05, 0) is 17.5 Å². The van der Waals surface area contributed by atoms with Crippen molar-refractivity contribution in [2.24, 2.45) is 11.8 Å². The van der Waals surface area contributed by atoms with E-state index in [1.54, 1.807) is 38.1 Å². The molecule has 0 bridgehead atoms. The molecule has 1 unspecified atom stereocenters. The molecular weight excluding hydrogens is 280 g/mol. The van der Waals surface area contributed by atoms with Gasteiger partial charge < -0.3 is 0 Å². The van der Waals surface area contributed by atoms with Crippen molar-refractivity contribution in [3.05, 3.63) is 34.9 Å². The van der Waals surface area contributed by atoms with E-state index in [0.717, 1.165) is 4.90 Å². The molecule has 2 rings (SSSR count). The van der Waals surface area contributed by atoms with Crippen molar-refractivity contribution in [3.8, 4) is 0 Å². The first kappa shape index (κ1) is 14.5. The Kier molecular flexibility index (Phi) is 4.09. The van der Waals surface area contributed by atoms with Gasteiger partial charge in [0.1, 0.15) is 5.92 Å². The Balaban J connectivity index is 2.26. The lowest BCUT2D eigenvalue weighted by Gasteiger charge is -2.32. The number of carbonyl (C=O) groups is 3. The van der Waals surface area contributed by atoms with Crippen molar-refractivity contribution >= 4 is 29.4 Å². The number of barbiturate groups is 1. The number of carbonyl (C=O) groups excluding carboxylic acids is 3. The van der Waals surface area contributed by atoms with Crippen LogP contribution in [0.1, 0.15) is 19.4 Å². The summed E-state index contributed by atoms with van der Waals surface area (Å²) in [6.45, 7) is 3.60.